The molecule has 1 saturated heterocycles. The van der Waals surface area contributed by atoms with E-state index in [0.717, 1.165) is 49.8 Å². The monoisotopic (exact) mass is 480 g/mol. The second kappa shape index (κ2) is 12.0. The maximum absolute atomic E-state index is 12.7. The minimum Gasteiger partial charge on any atom is -0.379 e. The van der Waals surface area contributed by atoms with Gasteiger partial charge >= 0.3 is 0 Å². The van der Waals surface area contributed by atoms with Crippen LogP contribution >= 0.6 is 0 Å². The average Bonchev–Trinajstić information content (AvgIpc) is 3.17. The molecule has 186 valence electrons. The highest BCUT2D eigenvalue weighted by atomic mass is 16.5. The van der Waals surface area contributed by atoms with Gasteiger partial charge < -0.3 is 20.3 Å². The van der Waals surface area contributed by atoms with E-state index in [2.05, 4.69) is 27.8 Å². The first kappa shape index (κ1) is 24.9. The average molecular weight is 481 g/mol. The molecule has 4 amide bonds. The number of carbonyl (C=O) groups is 4. The number of benzene rings is 1. The molecule has 3 N–H and O–H groups in total. The molecule has 2 heterocycles. The molecule has 4 rings (SSSR count). The van der Waals surface area contributed by atoms with Crippen LogP contribution in [0.2, 0.25) is 0 Å². The number of hydrogen-bond acceptors (Lipinski definition) is 6. The van der Waals surface area contributed by atoms with Gasteiger partial charge in [0.2, 0.25) is 18.2 Å². The predicted octanol–water partition coefficient (Wildman–Crippen LogP) is 0.853. The van der Waals surface area contributed by atoms with Crippen LogP contribution in [0.4, 0.5) is 0 Å². The number of ether oxygens (including phenoxy) is 1. The van der Waals surface area contributed by atoms with E-state index in [1.54, 1.807) is 11.0 Å². The summed E-state index contributed by atoms with van der Waals surface area (Å²) < 4.78 is 5.67. The van der Waals surface area contributed by atoms with Crippen LogP contribution in [0.1, 0.15) is 66.4 Å². The highest BCUT2D eigenvalue weighted by Crippen LogP contribution is 2.28. The van der Waals surface area contributed by atoms with Gasteiger partial charge in [0.05, 0.1) is 13.2 Å². The molecule has 1 aromatic carbocycles. The van der Waals surface area contributed by atoms with Gasteiger partial charge in [-0.15, -0.1) is 0 Å². The molecule has 0 spiro atoms. The number of imide groups is 1. The molecule has 1 saturated carbocycles. The minimum absolute atomic E-state index is 0.179. The van der Waals surface area contributed by atoms with E-state index < -0.39 is 11.9 Å². The second-order valence-electron chi connectivity index (χ2n) is 9.22. The van der Waals surface area contributed by atoms with E-state index in [9.17, 15) is 19.2 Å². The van der Waals surface area contributed by atoms with E-state index in [4.69, 9.17) is 4.74 Å². The number of hydrogen-bond donors (Lipinski definition) is 3. The van der Waals surface area contributed by atoms with Crippen LogP contribution < -0.4 is 16.0 Å². The molecule has 9 nitrogen and oxygen atoms in total. The van der Waals surface area contributed by atoms with E-state index in [1.807, 2.05) is 12.1 Å². The summed E-state index contributed by atoms with van der Waals surface area (Å²) in [5.74, 6) is 5.37. The molecule has 1 aromatic rings. The Morgan fingerprint density at radius 2 is 1.89 bits per heavy atom. The zero-order valence-electron chi connectivity index (χ0n) is 19.8. The summed E-state index contributed by atoms with van der Waals surface area (Å²) in [5.41, 5.74) is 2.26. The molecule has 9 heteroatoms. The summed E-state index contributed by atoms with van der Waals surface area (Å²) in [7, 11) is 0. The van der Waals surface area contributed by atoms with E-state index in [-0.39, 0.29) is 18.2 Å². The summed E-state index contributed by atoms with van der Waals surface area (Å²) in [6, 6.07) is 5.68. The summed E-state index contributed by atoms with van der Waals surface area (Å²) >= 11 is 0. The van der Waals surface area contributed by atoms with E-state index in [1.165, 1.54) is 0 Å². The fourth-order valence-corrected chi connectivity index (χ4v) is 4.94. The number of nitrogens with one attached hydrogen (secondary N) is 3. The Labute approximate surface area is 205 Å². The summed E-state index contributed by atoms with van der Waals surface area (Å²) in [5, 5.41) is 8.68. The third-order valence-electron chi connectivity index (χ3n) is 6.84. The molecular formula is C26H32N4O5. The molecular weight excluding hydrogens is 448 g/mol. The first-order valence-corrected chi connectivity index (χ1v) is 12.3. The quantitative estimate of drug-likeness (QED) is 0.209. The van der Waals surface area contributed by atoms with Gasteiger partial charge in [-0.05, 0) is 55.9 Å². The molecule has 35 heavy (non-hydrogen) atoms. The van der Waals surface area contributed by atoms with Crippen molar-refractivity contribution in [3.8, 4) is 11.8 Å². The van der Waals surface area contributed by atoms with Crippen molar-refractivity contribution in [1.82, 2.24) is 20.9 Å². The van der Waals surface area contributed by atoms with Gasteiger partial charge in [-0.3, -0.25) is 24.5 Å². The smallest absolute Gasteiger partial charge is 0.255 e. The number of rotatable bonds is 9. The standard InChI is InChI=1S/C26H32N4O5/c31-17-28-21-7-5-20(6-8-21)27-12-14-35-13-2-1-3-18-4-9-22-19(15-18)16-30(26(22)34)23-10-11-24(32)29-25(23)33/h4,9,15,17,20-21,23,27H,2,5-8,10-14,16H2,(H,28,31)(H,29,32,33)/t20-,21+,23?. The van der Waals surface area contributed by atoms with Crippen LogP contribution in [0.5, 0.6) is 0 Å². The first-order valence-electron chi connectivity index (χ1n) is 12.3. The van der Waals surface area contributed by atoms with Crippen molar-refractivity contribution < 1.29 is 23.9 Å². The molecule has 2 fully saturated rings. The molecule has 1 atom stereocenters. The molecule has 0 bridgehead atoms. The zero-order valence-corrected chi connectivity index (χ0v) is 19.8. The van der Waals surface area contributed by atoms with Gasteiger partial charge in [-0.2, -0.15) is 0 Å². The molecule has 1 unspecified atom stereocenters. The van der Waals surface area contributed by atoms with Crippen LogP contribution in [0, 0.1) is 11.8 Å². The van der Waals surface area contributed by atoms with Crippen LogP contribution in [0.3, 0.4) is 0 Å². The zero-order chi connectivity index (χ0) is 24.6. The number of piperidine rings is 1. The van der Waals surface area contributed by atoms with Crippen molar-refractivity contribution in [3.05, 3.63) is 34.9 Å². The fourth-order valence-electron chi connectivity index (χ4n) is 4.94. The lowest BCUT2D eigenvalue weighted by Gasteiger charge is -2.29. The maximum Gasteiger partial charge on any atom is 0.255 e. The highest BCUT2D eigenvalue weighted by Gasteiger charge is 2.39. The minimum atomic E-state index is -0.608. The molecule has 1 aliphatic carbocycles. The summed E-state index contributed by atoms with van der Waals surface area (Å²) in [6.45, 7) is 2.33. The topological polar surface area (TPSA) is 117 Å². The van der Waals surface area contributed by atoms with Gasteiger partial charge in [-0.1, -0.05) is 11.8 Å². The summed E-state index contributed by atoms with van der Waals surface area (Å²) in [6.07, 6.45) is 6.15. The van der Waals surface area contributed by atoms with Crippen molar-refractivity contribution in [2.24, 2.45) is 0 Å². The molecule has 2 aliphatic heterocycles. The lowest BCUT2D eigenvalue weighted by atomic mass is 9.91. The normalized spacial score (nSPS) is 23.8. The SMILES string of the molecule is O=CN[C@H]1CC[C@@H](NCCOCCC#Cc2ccc3c(c2)CN(C2CCC(=O)NC2=O)C3=O)CC1. The first-order chi connectivity index (χ1) is 17.0. The predicted molar refractivity (Wildman–Crippen MR) is 128 cm³/mol. The third-order valence-corrected chi connectivity index (χ3v) is 6.84. The van der Waals surface area contributed by atoms with Crippen molar-refractivity contribution in [3.63, 3.8) is 0 Å². The van der Waals surface area contributed by atoms with Crippen molar-refractivity contribution in [2.45, 2.75) is 69.6 Å². The van der Waals surface area contributed by atoms with Gasteiger partial charge in [-0.25, -0.2) is 0 Å². The Balaban J connectivity index is 1.15. The third kappa shape index (κ3) is 6.47. The summed E-state index contributed by atoms with van der Waals surface area (Å²) in [4.78, 5) is 48.4. The molecule has 0 aromatic heterocycles. The van der Waals surface area contributed by atoms with E-state index in [0.29, 0.717) is 50.2 Å². The Hall–Kier alpha value is -3.22. The lowest BCUT2D eigenvalue weighted by Crippen LogP contribution is -2.52. The van der Waals surface area contributed by atoms with Crippen LogP contribution in [-0.2, 0) is 25.7 Å². The highest BCUT2D eigenvalue weighted by molar-refractivity contribution is 6.05. The van der Waals surface area contributed by atoms with Crippen molar-refractivity contribution in [2.75, 3.05) is 19.8 Å². The van der Waals surface area contributed by atoms with Gasteiger partial charge in [0.25, 0.3) is 5.91 Å². The number of fused-ring (bicyclic) bond motifs is 1. The Morgan fingerprint density at radius 1 is 1.09 bits per heavy atom. The maximum atomic E-state index is 12.7. The Bertz CT molecular complexity index is 1020. The molecule has 0 radical (unpaired) electrons. The number of carbonyl (C=O) groups excluding carboxylic acids is 4. The Kier molecular flexibility index (Phi) is 8.50. The van der Waals surface area contributed by atoms with Crippen LogP contribution in [-0.4, -0.2) is 66.9 Å². The van der Waals surface area contributed by atoms with Crippen LogP contribution in [0.25, 0.3) is 0 Å². The fraction of sp³-hybridized carbons (Fsp3) is 0.538. The van der Waals surface area contributed by atoms with Gasteiger partial charge in [0, 0.05) is 49.1 Å². The lowest BCUT2D eigenvalue weighted by molar-refractivity contribution is -0.136. The number of nitrogens with zero attached hydrogens (tertiary/aromatic N) is 1. The molecule has 3 aliphatic rings. The largest absolute Gasteiger partial charge is 0.379 e. The van der Waals surface area contributed by atoms with E-state index >= 15 is 0 Å². The van der Waals surface area contributed by atoms with Gasteiger partial charge in [0.1, 0.15) is 6.04 Å². The Morgan fingerprint density at radius 3 is 2.66 bits per heavy atom. The second-order valence-corrected chi connectivity index (χ2v) is 9.22. The number of amides is 4. The van der Waals surface area contributed by atoms with Gasteiger partial charge in [0.15, 0.2) is 0 Å². The van der Waals surface area contributed by atoms with Crippen LogP contribution in [0.15, 0.2) is 18.2 Å². The van der Waals surface area contributed by atoms with Crippen molar-refractivity contribution in [1.29, 1.82) is 0 Å². The van der Waals surface area contributed by atoms with Crippen molar-refractivity contribution >= 4 is 24.1 Å².